The lowest BCUT2D eigenvalue weighted by Crippen LogP contribution is -2.38. The number of carbonyl (C=O) groups is 3. The lowest BCUT2D eigenvalue weighted by Gasteiger charge is -2.14. The van der Waals surface area contributed by atoms with Crippen LogP contribution in [0.25, 0.3) is 0 Å². The number of nitrogens with zero attached hydrogens (tertiary/aromatic N) is 2. The number of likely N-dealkylation sites (N-methyl/N-ethyl adjacent to an activating group) is 1. The minimum atomic E-state index is -0.936. The van der Waals surface area contributed by atoms with Gasteiger partial charge in [-0.1, -0.05) is 0 Å². The van der Waals surface area contributed by atoms with E-state index in [9.17, 15) is 23.2 Å². The Bertz CT molecular complexity index is 591. The maximum absolute atomic E-state index is 13.3. The highest BCUT2D eigenvalue weighted by Gasteiger charge is 2.34. The molecule has 1 fully saturated rings. The molecule has 8 heteroatoms. The van der Waals surface area contributed by atoms with E-state index in [4.69, 9.17) is 0 Å². The predicted molar refractivity (Wildman–Crippen MR) is 64.7 cm³/mol. The van der Waals surface area contributed by atoms with Crippen molar-refractivity contribution in [1.29, 1.82) is 0 Å². The molecule has 1 N–H and O–H groups in total. The van der Waals surface area contributed by atoms with Gasteiger partial charge in [0.25, 0.3) is 5.91 Å². The fourth-order valence-electron chi connectivity index (χ4n) is 1.75. The maximum atomic E-state index is 13.3. The van der Waals surface area contributed by atoms with Crippen LogP contribution in [0.3, 0.4) is 0 Å². The van der Waals surface area contributed by atoms with Gasteiger partial charge in [-0.05, 0) is 12.1 Å². The second-order valence-corrected chi connectivity index (χ2v) is 4.29. The summed E-state index contributed by atoms with van der Waals surface area (Å²) in [7, 11) is 1.43. The van der Waals surface area contributed by atoms with E-state index in [-0.39, 0.29) is 12.2 Å². The molecular weight excluding hydrogens is 272 g/mol. The third-order valence-electron chi connectivity index (χ3n) is 2.74. The van der Waals surface area contributed by atoms with Crippen LogP contribution in [0.1, 0.15) is 0 Å². The van der Waals surface area contributed by atoms with E-state index in [1.807, 2.05) is 0 Å². The molecule has 0 bridgehead atoms. The van der Waals surface area contributed by atoms with Gasteiger partial charge in [-0.2, -0.15) is 0 Å². The normalized spacial score (nSPS) is 14.9. The lowest BCUT2D eigenvalue weighted by molar-refractivity contribution is -0.129. The first-order chi connectivity index (χ1) is 9.38. The van der Waals surface area contributed by atoms with Crippen LogP contribution in [0.2, 0.25) is 0 Å². The Morgan fingerprint density at radius 1 is 1.35 bits per heavy atom. The van der Waals surface area contributed by atoms with Crippen molar-refractivity contribution in [3.63, 3.8) is 0 Å². The van der Waals surface area contributed by atoms with Crippen molar-refractivity contribution in [2.75, 3.05) is 25.5 Å². The van der Waals surface area contributed by atoms with Crippen molar-refractivity contribution >= 4 is 23.5 Å². The lowest BCUT2D eigenvalue weighted by atomic mass is 10.3. The van der Waals surface area contributed by atoms with E-state index in [0.29, 0.717) is 6.07 Å². The highest BCUT2D eigenvalue weighted by atomic mass is 19.1. The predicted octanol–water partition coefficient (Wildman–Crippen LogP) is 0.797. The van der Waals surface area contributed by atoms with Crippen molar-refractivity contribution < 1.29 is 23.2 Å². The number of anilines is 1. The summed E-state index contributed by atoms with van der Waals surface area (Å²) < 4.78 is 26.0. The van der Waals surface area contributed by atoms with Gasteiger partial charge in [0.15, 0.2) is 0 Å². The molecule has 106 valence electrons. The van der Waals surface area contributed by atoms with Gasteiger partial charge in [-0.25, -0.2) is 13.6 Å². The van der Waals surface area contributed by atoms with Crippen LogP contribution >= 0.6 is 0 Å². The molecule has 1 aliphatic rings. The minimum Gasteiger partial charge on any atom is -0.322 e. The highest BCUT2D eigenvalue weighted by Crippen LogP contribution is 2.15. The summed E-state index contributed by atoms with van der Waals surface area (Å²) in [4.78, 5) is 36.6. The monoisotopic (exact) mass is 283 g/mol. The van der Waals surface area contributed by atoms with Crippen LogP contribution < -0.4 is 5.32 Å². The highest BCUT2D eigenvalue weighted by molar-refractivity contribution is 6.06. The molecule has 6 nitrogen and oxygen atoms in total. The Labute approximate surface area is 113 Å². The molecule has 20 heavy (non-hydrogen) atoms. The molecule has 0 unspecified atom stereocenters. The number of amides is 4. The van der Waals surface area contributed by atoms with Gasteiger partial charge in [-0.3, -0.25) is 14.5 Å². The van der Waals surface area contributed by atoms with Crippen molar-refractivity contribution in [2.45, 2.75) is 0 Å². The number of imide groups is 1. The Balaban J connectivity index is 2.03. The fraction of sp³-hybridized carbons (Fsp3) is 0.250. The van der Waals surface area contributed by atoms with Gasteiger partial charge in [0.05, 0.1) is 5.69 Å². The maximum Gasteiger partial charge on any atom is 0.327 e. The van der Waals surface area contributed by atoms with E-state index in [1.165, 1.54) is 7.05 Å². The van der Waals surface area contributed by atoms with E-state index in [2.05, 4.69) is 5.32 Å². The molecule has 0 radical (unpaired) electrons. The number of benzene rings is 1. The summed E-state index contributed by atoms with van der Waals surface area (Å²) in [5.41, 5.74) is -0.219. The Morgan fingerprint density at radius 2 is 2.05 bits per heavy atom. The standard InChI is InChI=1S/C12H11F2N3O3/c1-16-6-11(19)17(12(16)20)5-10(18)15-9-3-2-7(13)4-8(9)14/h2-4H,5-6H2,1H3,(H,15,18). The van der Waals surface area contributed by atoms with Crippen molar-refractivity contribution in [1.82, 2.24) is 9.80 Å². The number of carbonyl (C=O) groups excluding carboxylic acids is 3. The van der Waals surface area contributed by atoms with E-state index < -0.39 is 36.0 Å². The van der Waals surface area contributed by atoms with Crippen molar-refractivity contribution in [3.8, 4) is 0 Å². The zero-order valence-electron chi connectivity index (χ0n) is 10.5. The first-order valence-electron chi connectivity index (χ1n) is 5.69. The summed E-state index contributed by atoms with van der Waals surface area (Å²) in [6.45, 7) is -0.615. The molecule has 1 aliphatic heterocycles. The zero-order chi connectivity index (χ0) is 14.9. The molecular formula is C12H11F2N3O3. The first-order valence-corrected chi connectivity index (χ1v) is 5.69. The molecule has 1 aromatic carbocycles. The number of hydrogen-bond donors (Lipinski definition) is 1. The van der Waals surface area contributed by atoms with Crippen LogP contribution in [-0.2, 0) is 9.59 Å². The molecule has 0 atom stereocenters. The number of hydrogen-bond acceptors (Lipinski definition) is 3. The van der Waals surface area contributed by atoms with Crippen LogP contribution in [0.15, 0.2) is 18.2 Å². The first kappa shape index (κ1) is 13.9. The van der Waals surface area contributed by atoms with E-state index in [0.717, 1.165) is 21.9 Å². The van der Waals surface area contributed by atoms with Crippen LogP contribution in [0, 0.1) is 11.6 Å². The molecule has 0 saturated carbocycles. The van der Waals surface area contributed by atoms with Gasteiger partial charge in [0, 0.05) is 13.1 Å². The fourth-order valence-corrected chi connectivity index (χ4v) is 1.75. The van der Waals surface area contributed by atoms with Gasteiger partial charge in [0.2, 0.25) is 5.91 Å². The topological polar surface area (TPSA) is 69.7 Å². The Kier molecular flexibility index (Phi) is 3.64. The summed E-state index contributed by atoms with van der Waals surface area (Å²) in [5, 5.41) is 2.18. The third-order valence-corrected chi connectivity index (χ3v) is 2.74. The molecule has 0 aliphatic carbocycles. The van der Waals surface area contributed by atoms with Gasteiger partial charge >= 0.3 is 6.03 Å². The smallest absolute Gasteiger partial charge is 0.322 e. The Morgan fingerprint density at radius 3 is 2.60 bits per heavy atom. The second-order valence-electron chi connectivity index (χ2n) is 4.29. The molecule has 1 aromatic rings. The zero-order valence-corrected chi connectivity index (χ0v) is 10.5. The van der Waals surface area contributed by atoms with Crippen molar-refractivity contribution in [3.05, 3.63) is 29.8 Å². The SMILES string of the molecule is CN1CC(=O)N(CC(=O)Nc2ccc(F)cc2F)C1=O. The third kappa shape index (κ3) is 2.73. The van der Waals surface area contributed by atoms with Gasteiger partial charge < -0.3 is 10.2 Å². The molecule has 4 amide bonds. The number of halogens is 2. The van der Waals surface area contributed by atoms with Crippen LogP contribution in [-0.4, -0.2) is 47.8 Å². The molecule has 2 rings (SSSR count). The van der Waals surface area contributed by atoms with Gasteiger partial charge in [-0.15, -0.1) is 0 Å². The molecule has 0 spiro atoms. The Hall–Kier alpha value is -2.51. The molecule has 0 aromatic heterocycles. The number of urea groups is 1. The number of nitrogens with one attached hydrogen (secondary N) is 1. The summed E-state index contributed by atoms with van der Waals surface area (Å²) in [6, 6.07) is 2.07. The van der Waals surface area contributed by atoms with Crippen molar-refractivity contribution in [2.24, 2.45) is 0 Å². The minimum absolute atomic E-state index is 0.100. The van der Waals surface area contributed by atoms with Crippen LogP contribution in [0.4, 0.5) is 19.3 Å². The summed E-state index contributed by atoms with van der Waals surface area (Å²) in [6.07, 6.45) is 0. The van der Waals surface area contributed by atoms with E-state index in [1.54, 1.807) is 0 Å². The van der Waals surface area contributed by atoms with Gasteiger partial charge in [0.1, 0.15) is 24.7 Å². The quantitative estimate of drug-likeness (QED) is 0.834. The molecule has 1 heterocycles. The number of rotatable bonds is 3. The largest absolute Gasteiger partial charge is 0.327 e. The van der Waals surface area contributed by atoms with Crippen LogP contribution in [0.5, 0.6) is 0 Å². The summed E-state index contributed by atoms with van der Waals surface area (Å²) >= 11 is 0. The summed E-state index contributed by atoms with van der Waals surface area (Å²) in [5.74, 6) is -2.96. The van der Waals surface area contributed by atoms with E-state index >= 15 is 0 Å². The molecule has 1 saturated heterocycles. The average Bonchev–Trinajstić information content (AvgIpc) is 2.60. The second kappa shape index (κ2) is 5.24. The average molecular weight is 283 g/mol.